The number of pyridine rings is 2. The Morgan fingerprint density at radius 1 is 1.23 bits per heavy atom. The number of carbonyl (C=O) groups is 1. The zero-order valence-electron chi connectivity index (χ0n) is 21.7. The molecule has 3 N–H and O–H groups in total. The summed E-state index contributed by atoms with van der Waals surface area (Å²) in [4.78, 5) is 26.1. The molecule has 2 aliphatic rings. The monoisotopic (exact) mass is 533 g/mol. The fourth-order valence-corrected chi connectivity index (χ4v) is 5.37. The number of hydrogen-bond donors (Lipinski definition) is 3. The number of alkyl halides is 1. The molecule has 0 bridgehead atoms. The molecule has 0 unspecified atom stereocenters. The first kappa shape index (κ1) is 25.2. The lowest BCUT2D eigenvalue weighted by Crippen LogP contribution is -2.45. The molecule has 1 fully saturated rings. The summed E-state index contributed by atoms with van der Waals surface area (Å²) >= 11 is 0. The van der Waals surface area contributed by atoms with Gasteiger partial charge in [0.1, 0.15) is 29.6 Å². The Kier molecular flexibility index (Phi) is 6.40. The van der Waals surface area contributed by atoms with Crippen molar-refractivity contribution in [2.75, 3.05) is 37.4 Å². The molecule has 0 spiro atoms. The van der Waals surface area contributed by atoms with Gasteiger partial charge in [-0.1, -0.05) is 6.07 Å². The van der Waals surface area contributed by atoms with Gasteiger partial charge in [0.2, 0.25) is 0 Å². The van der Waals surface area contributed by atoms with Crippen molar-refractivity contribution in [3.05, 3.63) is 71.4 Å². The first-order valence-electron chi connectivity index (χ1n) is 12.8. The van der Waals surface area contributed by atoms with Crippen LogP contribution < -0.4 is 15.5 Å². The molecular weight excluding hydrogens is 504 g/mol. The highest BCUT2D eigenvalue weighted by molar-refractivity contribution is 6.06. The highest BCUT2D eigenvalue weighted by Gasteiger charge is 2.30. The number of amides is 1. The number of piperidine rings is 1. The quantitative estimate of drug-likeness (QED) is 0.349. The first-order chi connectivity index (χ1) is 18.8. The number of hydrogen-bond acceptors (Lipinski definition) is 7. The van der Waals surface area contributed by atoms with Gasteiger partial charge in [0.15, 0.2) is 0 Å². The standard InChI is InChI=1S/C28H29F2N7O2/c1-35(2)14-21-22(36-9-8-19(30)24(38)15-36)5-6-25(34-21)33-20-4-3-17(18-12-32-28(39)27(18)20)23-13-31-26-11-16(29)7-10-37(23)26/h3-7,10-11,13,19,24,38H,8-9,12,14-15H2,1-2H3,(H,32,39)(H,33,34)/t19-,24-/m1/s1. The molecule has 0 saturated carbocycles. The molecule has 0 aliphatic carbocycles. The molecule has 1 saturated heterocycles. The van der Waals surface area contributed by atoms with Gasteiger partial charge < -0.3 is 25.5 Å². The van der Waals surface area contributed by atoms with Crippen molar-refractivity contribution in [1.82, 2.24) is 24.6 Å². The van der Waals surface area contributed by atoms with Gasteiger partial charge in [-0.05, 0) is 50.3 Å². The fourth-order valence-electron chi connectivity index (χ4n) is 5.37. The predicted octanol–water partition coefficient (Wildman–Crippen LogP) is 3.49. The molecule has 6 rings (SSSR count). The average Bonchev–Trinajstić information content (AvgIpc) is 3.49. The summed E-state index contributed by atoms with van der Waals surface area (Å²) in [7, 11) is 3.89. The summed E-state index contributed by atoms with van der Waals surface area (Å²) in [5.41, 5.74) is 5.68. The van der Waals surface area contributed by atoms with Crippen molar-refractivity contribution in [3.8, 4) is 11.3 Å². The predicted molar refractivity (Wildman–Crippen MR) is 144 cm³/mol. The second-order valence-electron chi connectivity index (χ2n) is 10.3. The number of halogens is 2. The smallest absolute Gasteiger partial charge is 0.254 e. The van der Waals surface area contributed by atoms with Crippen LogP contribution in [0, 0.1) is 5.82 Å². The van der Waals surface area contributed by atoms with Gasteiger partial charge in [0, 0.05) is 44.0 Å². The Morgan fingerprint density at radius 2 is 2.08 bits per heavy atom. The minimum absolute atomic E-state index is 0.192. The highest BCUT2D eigenvalue weighted by atomic mass is 19.1. The molecule has 3 aromatic heterocycles. The number of β-amino-alcohol motifs (C(OH)–C–C–N with tert-alkyl or cyclic N) is 1. The number of aliphatic hydroxyl groups excluding tert-OH is 1. The second kappa shape index (κ2) is 9.90. The molecule has 11 heteroatoms. The van der Waals surface area contributed by atoms with Crippen LogP contribution >= 0.6 is 0 Å². The lowest BCUT2D eigenvalue weighted by atomic mass is 9.99. The Bertz CT molecular complexity index is 1570. The topological polar surface area (TPSA) is 98.0 Å². The molecule has 4 aromatic rings. The Labute approximate surface area is 224 Å². The van der Waals surface area contributed by atoms with E-state index in [2.05, 4.69) is 15.6 Å². The summed E-state index contributed by atoms with van der Waals surface area (Å²) in [6, 6.07) is 10.3. The minimum Gasteiger partial charge on any atom is -0.388 e. The van der Waals surface area contributed by atoms with Crippen LogP contribution in [0.25, 0.3) is 16.9 Å². The lowest BCUT2D eigenvalue weighted by Gasteiger charge is -2.35. The van der Waals surface area contributed by atoms with Crippen LogP contribution in [0.3, 0.4) is 0 Å². The van der Waals surface area contributed by atoms with Gasteiger partial charge in [-0.3, -0.25) is 9.20 Å². The van der Waals surface area contributed by atoms with Crippen molar-refractivity contribution in [1.29, 1.82) is 0 Å². The number of anilines is 3. The van der Waals surface area contributed by atoms with E-state index in [9.17, 15) is 18.7 Å². The number of nitrogens with zero attached hydrogens (tertiary/aromatic N) is 5. The van der Waals surface area contributed by atoms with E-state index in [0.717, 1.165) is 28.2 Å². The van der Waals surface area contributed by atoms with E-state index in [4.69, 9.17) is 4.98 Å². The summed E-state index contributed by atoms with van der Waals surface area (Å²) in [5, 5.41) is 16.3. The van der Waals surface area contributed by atoms with E-state index in [1.807, 2.05) is 48.2 Å². The maximum atomic E-state index is 13.9. The van der Waals surface area contributed by atoms with Crippen LogP contribution in [-0.4, -0.2) is 69.7 Å². The number of aromatic nitrogens is 3. The van der Waals surface area contributed by atoms with Gasteiger partial charge in [0.05, 0.1) is 34.5 Å². The Balaban J connectivity index is 1.35. The minimum atomic E-state index is -1.22. The van der Waals surface area contributed by atoms with Crippen molar-refractivity contribution in [2.24, 2.45) is 0 Å². The summed E-state index contributed by atoms with van der Waals surface area (Å²) < 4.78 is 29.4. The molecule has 5 heterocycles. The van der Waals surface area contributed by atoms with Crippen molar-refractivity contribution < 1.29 is 18.7 Å². The van der Waals surface area contributed by atoms with E-state index in [0.29, 0.717) is 42.4 Å². The van der Waals surface area contributed by atoms with E-state index < -0.39 is 12.3 Å². The van der Waals surface area contributed by atoms with E-state index >= 15 is 0 Å². The number of rotatable bonds is 6. The van der Waals surface area contributed by atoms with E-state index in [1.165, 1.54) is 12.1 Å². The zero-order valence-corrected chi connectivity index (χ0v) is 21.7. The molecule has 202 valence electrons. The zero-order chi connectivity index (χ0) is 27.3. The van der Waals surface area contributed by atoms with Crippen LogP contribution in [-0.2, 0) is 13.1 Å². The maximum Gasteiger partial charge on any atom is 0.254 e. The Morgan fingerprint density at radius 3 is 2.87 bits per heavy atom. The molecule has 1 aromatic carbocycles. The fraction of sp³-hybridized carbons (Fsp3) is 0.321. The first-order valence-corrected chi connectivity index (χ1v) is 12.8. The van der Waals surface area contributed by atoms with Crippen LogP contribution in [0.5, 0.6) is 0 Å². The van der Waals surface area contributed by atoms with Crippen LogP contribution in [0.2, 0.25) is 0 Å². The lowest BCUT2D eigenvalue weighted by molar-refractivity contribution is 0.0644. The highest BCUT2D eigenvalue weighted by Crippen LogP contribution is 2.36. The van der Waals surface area contributed by atoms with E-state index in [1.54, 1.807) is 16.8 Å². The molecule has 39 heavy (non-hydrogen) atoms. The molecule has 0 radical (unpaired) electrons. The molecular formula is C28H29F2N7O2. The third-order valence-corrected chi connectivity index (χ3v) is 7.24. The average molecular weight is 534 g/mol. The maximum absolute atomic E-state index is 13.9. The van der Waals surface area contributed by atoms with Gasteiger partial charge >= 0.3 is 0 Å². The normalized spacial score (nSPS) is 19.0. The number of benzene rings is 1. The number of imidazole rings is 1. The van der Waals surface area contributed by atoms with Crippen LogP contribution in [0.1, 0.15) is 28.0 Å². The number of fused-ring (bicyclic) bond motifs is 2. The summed E-state index contributed by atoms with van der Waals surface area (Å²) in [6.07, 6.45) is 1.32. The number of aliphatic hydroxyl groups is 1. The van der Waals surface area contributed by atoms with Crippen LogP contribution in [0.15, 0.2) is 48.8 Å². The second-order valence-corrected chi connectivity index (χ2v) is 10.3. The molecule has 2 atom stereocenters. The van der Waals surface area contributed by atoms with Gasteiger partial charge in [-0.2, -0.15) is 0 Å². The number of carbonyl (C=O) groups excluding carboxylic acids is 1. The Hall–Kier alpha value is -4.09. The van der Waals surface area contributed by atoms with Crippen molar-refractivity contribution in [3.63, 3.8) is 0 Å². The third kappa shape index (κ3) is 4.68. The van der Waals surface area contributed by atoms with Gasteiger partial charge in [-0.15, -0.1) is 0 Å². The molecule has 2 aliphatic heterocycles. The molecule has 9 nitrogen and oxygen atoms in total. The SMILES string of the molecule is CN(C)Cc1nc(Nc2ccc(-c3cnc4cc(F)ccn34)c3c2C(=O)NC3)ccc1N1CC[C@@H](F)[C@H](O)C1. The van der Waals surface area contributed by atoms with Crippen molar-refractivity contribution in [2.45, 2.75) is 31.8 Å². The third-order valence-electron chi connectivity index (χ3n) is 7.24. The summed E-state index contributed by atoms with van der Waals surface area (Å²) in [6.45, 7) is 1.61. The van der Waals surface area contributed by atoms with Crippen molar-refractivity contribution >= 4 is 28.7 Å². The largest absolute Gasteiger partial charge is 0.388 e. The number of nitrogens with one attached hydrogen (secondary N) is 2. The summed E-state index contributed by atoms with van der Waals surface area (Å²) in [5.74, 6) is 0.00962. The van der Waals surface area contributed by atoms with Gasteiger partial charge in [-0.25, -0.2) is 18.7 Å². The van der Waals surface area contributed by atoms with E-state index in [-0.39, 0.29) is 24.7 Å². The molecule has 1 amide bonds. The van der Waals surface area contributed by atoms with Crippen LogP contribution in [0.4, 0.5) is 26.0 Å². The van der Waals surface area contributed by atoms with Gasteiger partial charge in [0.25, 0.3) is 5.91 Å².